The minimum absolute atomic E-state index is 0.0533. The van der Waals surface area contributed by atoms with E-state index in [9.17, 15) is 14.4 Å². The first kappa shape index (κ1) is 31.9. The first-order chi connectivity index (χ1) is 19.0. The molecule has 1 aliphatic carbocycles. The number of rotatable bonds is 17. The minimum atomic E-state index is -0.412. The van der Waals surface area contributed by atoms with Gasteiger partial charge >= 0.3 is 5.97 Å². The van der Waals surface area contributed by atoms with Crippen LogP contribution in [0.25, 0.3) is 0 Å². The summed E-state index contributed by atoms with van der Waals surface area (Å²) in [6.45, 7) is 3.59. The summed E-state index contributed by atoms with van der Waals surface area (Å²) in [6, 6.07) is 0. The zero-order valence-corrected chi connectivity index (χ0v) is 24.1. The van der Waals surface area contributed by atoms with Gasteiger partial charge in [0.2, 0.25) is 0 Å². The van der Waals surface area contributed by atoms with Crippen LogP contribution in [0, 0.1) is 11.8 Å². The lowest BCUT2D eigenvalue weighted by molar-refractivity contribution is -0.192. The number of ether oxygens (including phenoxy) is 5. The molecule has 8 heteroatoms. The molecule has 0 N–H and O–H groups in total. The van der Waals surface area contributed by atoms with Gasteiger partial charge in [-0.15, -0.1) is 0 Å². The lowest BCUT2D eigenvalue weighted by atomic mass is 9.87. The van der Waals surface area contributed by atoms with Crippen molar-refractivity contribution in [3.63, 3.8) is 0 Å². The highest BCUT2D eigenvalue weighted by Crippen LogP contribution is 2.37. The molecule has 6 atom stereocenters. The fourth-order valence-corrected chi connectivity index (χ4v) is 5.73. The molecule has 222 valence electrons. The number of ketones is 2. The Kier molecular flexibility index (Phi) is 14.7. The molecular weight excluding hydrogens is 500 g/mol. The molecule has 2 unspecified atom stereocenters. The first-order valence-electron chi connectivity index (χ1n) is 15.3. The number of carbonyl (C=O) groups is 3. The summed E-state index contributed by atoms with van der Waals surface area (Å²) in [4.78, 5) is 37.4. The van der Waals surface area contributed by atoms with E-state index >= 15 is 0 Å². The van der Waals surface area contributed by atoms with E-state index < -0.39 is 5.92 Å². The number of carbonyl (C=O) groups excluding carboxylic acids is 3. The van der Waals surface area contributed by atoms with E-state index in [1.807, 2.05) is 0 Å². The van der Waals surface area contributed by atoms with Gasteiger partial charge in [0, 0.05) is 50.7 Å². The summed E-state index contributed by atoms with van der Waals surface area (Å²) >= 11 is 0. The van der Waals surface area contributed by atoms with Crippen LogP contribution in [0.5, 0.6) is 0 Å². The highest BCUT2D eigenvalue weighted by Gasteiger charge is 2.43. The Hall–Kier alpha value is -1.61. The summed E-state index contributed by atoms with van der Waals surface area (Å²) in [5, 5.41) is 0. The van der Waals surface area contributed by atoms with Crippen molar-refractivity contribution in [1.82, 2.24) is 0 Å². The van der Waals surface area contributed by atoms with Crippen molar-refractivity contribution >= 4 is 17.5 Å². The van der Waals surface area contributed by atoms with E-state index in [0.29, 0.717) is 38.7 Å². The third-order valence-corrected chi connectivity index (χ3v) is 8.04. The van der Waals surface area contributed by atoms with Crippen LogP contribution in [-0.2, 0) is 38.1 Å². The fraction of sp³-hybridized carbons (Fsp3) is 0.839. The predicted molar refractivity (Wildman–Crippen MR) is 147 cm³/mol. The smallest absolute Gasteiger partial charge is 0.305 e. The van der Waals surface area contributed by atoms with Crippen LogP contribution in [0.15, 0.2) is 12.2 Å². The van der Waals surface area contributed by atoms with Crippen molar-refractivity contribution in [2.75, 3.05) is 20.3 Å². The predicted octanol–water partition coefficient (Wildman–Crippen LogP) is 5.84. The number of Topliss-reactive ketones (excluding diaryl/α,β-unsaturated/α-hetero) is 2. The van der Waals surface area contributed by atoms with Gasteiger partial charge < -0.3 is 23.7 Å². The van der Waals surface area contributed by atoms with E-state index in [2.05, 4.69) is 23.8 Å². The largest absolute Gasteiger partial charge is 0.469 e. The maximum atomic E-state index is 13.2. The molecule has 39 heavy (non-hydrogen) atoms. The van der Waals surface area contributed by atoms with E-state index in [1.54, 1.807) is 0 Å². The number of hydrogen-bond acceptors (Lipinski definition) is 8. The van der Waals surface area contributed by atoms with Crippen molar-refractivity contribution < 1.29 is 38.1 Å². The lowest BCUT2D eigenvalue weighted by Gasteiger charge is -2.29. The average molecular weight is 551 g/mol. The Morgan fingerprint density at radius 1 is 0.974 bits per heavy atom. The Balaban J connectivity index is 1.67. The van der Waals surface area contributed by atoms with Crippen LogP contribution in [0.2, 0.25) is 0 Å². The molecule has 0 amide bonds. The van der Waals surface area contributed by atoms with Crippen molar-refractivity contribution in [3.8, 4) is 0 Å². The van der Waals surface area contributed by atoms with Crippen molar-refractivity contribution in [2.45, 2.75) is 134 Å². The maximum absolute atomic E-state index is 13.2. The Bertz CT molecular complexity index is 769. The zero-order valence-electron chi connectivity index (χ0n) is 24.1. The quantitative estimate of drug-likeness (QED) is 0.126. The highest BCUT2D eigenvalue weighted by molar-refractivity contribution is 5.90. The van der Waals surface area contributed by atoms with Crippen LogP contribution in [0.1, 0.15) is 110 Å². The SMILES string of the molecule is CCCCC[C@@H](/C=C/[C@H]1[C@H](OC2CCCCO2)CC(=O)[C@@H]1CC(=O)CCCCC(=O)OC)OC1CCCCO1. The standard InChI is InChI=1S/C31H50O8/c1-3-4-5-13-24(38-30-15-8-10-19-36-30)17-18-25-26(21-23(32)12-6-7-14-29(34)35-2)27(33)22-28(25)39-31-16-9-11-20-37-31/h17-18,24-26,28,30-31H,3-16,19-22H2,1-2H3/b18-17+/t24-,25+,26+,28+,30?,31?/m0/s1. The number of hydrogen-bond donors (Lipinski definition) is 0. The number of unbranched alkanes of at least 4 members (excludes halogenated alkanes) is 3. The van der Waals surface area contributed by atoms with E-state index in [1.165, 1.54) is 7.11 Å². The van der Waals surface area contributed by atoms with Crippen molar-refractivity contribution in [3.05, 3.63) is 12.2 Å². The molecule has 3 rings (SSSR count). The Morgan fingerprint density at radius 2 is 1.69 bits per heavy atom. The molecule has 2 heterocycles. The summed E-state index contributed by atoms with van der Waals surface area (Å²) in [5.74, 6) is -0.750. The average Bonchev–Trinajstić information content (AvgIpc) is 3.23. The topological polar surface area (TPSA) is 97.4 Å². The van der Waals surface area contributed by atoms with Crippen LogP contribution in [0.3, 0.4) is 0 Å². The van der Waals surface area contributed by atoms with Gasteiger partial charge in [0.05, 0.1) is 19.3 Å². The summed E-state index contributed by atoms with van der Waals surface area (Å²) in [6.07, 6.45) is 15.8. The molecule has 2 aliphatic heterocycles. The molecule has 8 nitrogen and oxygen atoms in total. The number of methoxy groups -OCH3 is 1. The number of esters is 1. The van der Waals surface area contributed by atoms with E-state index in [-0.39, 0.29) is 54.7 Å². The second-order valence-electron chi connectivity index (χ2n) is 11.2. The Labute approximate surface area is 234 Å². The molecule has 2 saturated heterocycles. The molecule has 0 aromatic carbocycles. The van der Waals surface area contributed by atoms with Gasteiger partial charge in [-0.2, -0.15) is 0 Å². The third kappa shape index (κ3) is 11.4. The van der Waals surface area contributed by atoms with Gasteiger partial charge in [-0.25, -0.2) is 0 Å². The molecule has 3 fully saturated rings. The van der Waals surface area contributed by atoms with Gasteiger partial charge in [0.1, 0.15) is 11.6 Å². The maximum Gasteiger partial charge on any atom is 0.305 e. The molecule has 0 spiro atoms. The van der Waals surface area contributed by atoms with Crippen molar-refractivity contribution in [2.24, 2.45) is 11.8 Å². The van der Waals surface area contributed by atoms with Crippen LogP contribution < -0.4 is 0 Å². The van der Waals surface area contributed by atoms with Gasteiger partial charge in [-0.3, -0.25) is 14.4 Å². The first-order valence-corrected chi connectivity index (χ1v) is 15.3. The monoisotopic (exact) mass is 550 g/mol. The second kappa shape index (κ2) is 17.9. The molecular formula is C31H50O8. The van der Waals surface area contributed by atoms with Gasteiger partial charge in [-0.1, -0.05) is 38.3 Å². The molecule has 3 aliphatic rings. The van der Waals surface area contributed by atoms with Gasteiger partial charge in [0.15, 0.2) is 12.6 Å². The van der Waals surface area contributed by atoms with Gasteiger partial charge in [-0.05, 0) is 57.8 Å². The molecule has 1 saturated carbocycles. The third-order valence-electron chi connectivity index (χ3n) is 8.04. The van der Waals surface area contributed by atoms with Gasteiger partial charge in [0.25, 0.3) is 0 Å². The molecule has 0 aromatic rings. The summed E-state index contributed by atoms with van der Waals surface area (Å²) in [7, 11) is 1.37. The molecule has 0 radical (unpaired) electrons. The van der Waals surface area contributed by atoms with Crippen LogP contribution in [-0.4, -0.2) is 62.6 Å². The van der Waals surface area contributed by atoms with E-state index in [0.717, 1.165) is 70.8 Å². The lowest BCUT2D eigenvalue weighted by Crippen LogP contribution is -2.31. The minimum Gasteiger partial charge on any atom is -0.469 e. The van der Waals surface area contributed by atoms with Crippen LogP contribution >= 0.6 is 0 Å². The summed E-state index contributed by atoms with van der Waals surface area (Å²) in [5.41, 5.74) is 0. The van der Waals surface area contributed by atoms with Crippen molar-refractivity contribution in [1.29, 1.82) is 0 Å². The van der Waals surface area contributed by atoms with Crippen LogP contribution in [0.4, 0.5) is 0 Å². The fourth-order valence-electron chi connectivity index (χ4n) is 5.73. The molecule has 0 aromatic heterocycles. The van der Waals surface area contributed by atoms with E-state index in [4.69, 9.17) is 18.9 Å². The Morgan fingerprint density at radius 3 is 2.36 bits per heavy atom. The zero-order chi connectivity index (χ0) is 27.9. The highest BCUT2D eigenvalue weighted by atomic mass is 16.7. The normalized spacial score (nSPS) is 28.6. The summed E-state index contributed by atoms with van der Waals surface area (Å²) < 4.78 is 29.0. The molecule has 0 bridgehead atoms. The second-order valence-corrected chi connectivity index (χ2v) is 11.2.